The van der Waals surface area contributed by atoms with Gasteiger partial charge in [-0.3, -0.25) is 4.90 Å². The van der Waals surface area contributed by atoms with E-state index in [4.69, 9.17) is 4.74 Å². The van der Waals surface area contributed by atoms with E-state index >= 15 is 0 Å². The molecule has 2 heterocycles. The minimum Gasteiger partial charge on any atom is -0.380 e. The summed E-state index contributed by atoms with van der Waals surface area (Å²) < 4.78 is 7.88. The molecule has 4 nitrogen and oxygen atoms in total. The van der Waals surface area contributed by atoms with Gasteiger partial charge in [-0.25, -0.2) is 0 Å². The van der Waals surface area contributed by atoms with E-state index < -0.39 is 0 Å². The summed E-state index contributed by atoms with van der Waals surface area (Å²) in [5.41, 5.74) is 3.85. The van der Waals surface area contributed by atoms with Crippen LogP contribution in [0, 0.1) is 0 Å². The van der Waals surface area contributed by atoms with Crippen molar-refractivity contribution >= 4 is 27.4 Å². The van der Waals surface area contributed by atoms with Crippen LogP contribution in [0.15, 0.2) is 72.9 Å². The molecule has 148 valence electrons. The van der Waals surface area contributed by atoms with Gasteiger partial charge in [0.2, 0.25) is 0 Å². The van der Waals surface area contributed by atoms with Crippen molar-refractivity contribution < 1.29 is 4.74 Å². The lowest BCUT2D eigenvalue weighted by molar-refractivity contribution is 0.0365. The van der Waals surface area contributed by atoms with Gasteiger partial charge in [-0.2, -0.15) is 0 Å². The zero-order valence-corrected chi connectivity index (χ0v) is 16.7. The number of morpholine rings is 1. The van der Waals surface area contributed by atoms with Crippen molar-refractivity contribution in [3.8, 4) is 0 Å². The molecule has 1 aromatic heterocycles. The van der Waals surface area contributed by atoms with Crippen molar-refractivity contribution in [2.75, 3.05) is 38.2 Å². The topological polar surface area (TPSA) is 29.4 Å². The number of benzene rings is 3. The van der Waals surface area contributed by atoms with E-state index in [0.717, 1.165) is 45.9 Å². The molecule has 0 amide bonds. The Kier molecular flexibility index (Phi) is 5.20. The zero-order valence-electron chi connectivity index (χ0n) is 16.7. The molecule has 0 atom stereocenters. The molecular weight excluding hydrogens is 358 g/mol. The number of rotatable bonds is 6. The number of nitrogens with one attached hydrogen (secondary N) is 1. The molecule has 5 rings (SSSR count). The second-order valence-corrected chi connectivity index (χ2v) is 7.70. The molecular formula is C25H27N3O. The first kappa shape index (κ1) is 18.2. The van der Waals surface area contributed by atoms with Crippen molar-refractivity contribution in [2.45, 2.75) is 13.1 Å². The maximum Gasteiger partial charge on any atom is 0.0594 e. The molecule has 1 aliphatic heterocycles. The lowest BCUT2D eigenvalue weighted by atomic mass is 10.1. The van der Waals surface area contributed by atoms with E-state index in [-0.39, 0.29) is 0 Å². The number of nitrogens with zero attached hydrogens (tertiary/aromatic N) is 2. The van der Waals surface area contributed by atoms with Crippen molar-refractivity contribution in [1.29, 1.82) is 0 Å². The highest BCUT2D eigenvalue weighted by molar-refractivity contribution is 5.94. The van der Waals surface area contributed by atoms with Crippen LogP contribution in [0.4, 0.5) is 5.69 Å². The van der Waals surface area contributed by atoms with Gasteiger partial charge in [-0.15, -0.1) is 0 Å². The van der Waals surface area contributed by atoms with E-state index in [2.05, 4.69) is 87.7 Å². The van der Waals surface area contributed by atoms with Gasteiger partial charge in [0.15, 0.2) is 0 Å². The Morgan fingerprint density at radius 2 is 1.55 bits per heavy atom. The molecule has 0 spiro atoms. The highest BCUT2D eigenvalue weighted by Gasteiger charge is 2.12. The van der Waals surface area contributed by atoms with Crippen LogP contribution in [0.1, 0.15) is 5.56 Å². The molecule has 4 aromatic rings. The number of para-hydroxylation sites is 1. The third-order valence-electron chi connectivity index (χ3n) is 5.89. The Balaban J connectivity index is 1.37. The summed E-state index contributed by atoms with van der Waals surface area (Å²) in [7, 11) is 0. The summed E-state index contributed by atoms with van der Waals surface area (Å²) in [6.07, 6.45) is 2.32. The van der Waals surface area contributed by atoms with E-state index in [1.165, 1.54) is 32.9 Å². The Hall–Kier alpha value is -2.82. The first-order chi connectivity index (χ1) is 14.4. The van der Waals surface area contributed by atoms with Gasteiger partial charge in [0.1, 0.15) is 0 Å². The Bertz CT molecular complexity index is 1110. The fraction of sp³-hybridized carbons (Fsp3) is 0.280. The molecule has 0 unspecified atom stereocenters. The van der Waals surface area contributed by atoms with Gasteiger partial charge in [-0.05, 0) is 23.1 Å². The minimum absolute atomic E-state index is 0.819. The van der Waals surface area contributed by atoms with Gasteiger partial charge < -0.3 is 14.6 Å². The van der Waals surface area contributed by atoms with Crippen LogP contribution < -0.4 is 5.32 Å². The summed E-state index contributed by atoms with van der Waals surface area (Å²) >= 11 is 0. The quantitative estimate of drug-likeness (QED) is 0.520. The van der Waals surface area contributed by atoms with Gasteiger partial charge in [-0.1, -0.05) is 54.6 Å². The monoisotopic (exact) mass is 385 g/mol. The third-order valence-corrected chi connectivity index (χ3v) is 5.89. The normalized spacial score (nSPS) is 15.2. The third kappa shape index (κ3) is 3.86. The van der Waals surface area contributed by atoms with Crippen LogP contribution in [-0.4, -0.2) is 42.3 Å². The summed E-state index contributed by atoms with van der Waals surface area (Å²) in [5, 5.41) is 7.55. The van der Waals surface area contributed by atoms with Crippen molar-refractivity contribution in [3.63, 3.8) is 0 Å². The highest BCUT2D eigenvalue weighted by atomic mass is 16.5. The second-order valence-electron chi connectivity index (χ2n) is 7.70. The van der Waals surface area contributed by atoms with E-state index in [9.17, 15) is 0 Å². The molecule has 3 aromatic carbocycles. The summed E-state index contributed by atoms with van der Waals surface area (Å²) in [4.78, 5) is 2.49. The van der Waals surface area contributed by atoms with Gasteiger partial charge in [0, 0.05) is 60.9 Å². The fourth-order valence-corrected chi connectivity index (χ4v) is 4.29. The van der Waals surface area contributed by atoms with Gasteiger partial charge in [0.05, 0.1) is 13.2 Å². The van der Waals surface area contributed by atoms with Crippen LogP contribution in [0.5, 0.6) is 0 Å². The van der Waals surface area contributed by atoms with Crippen LogP contribution >= 0.6 is 0 Å². The molecule has 0 aliphatic carbocycles. The molecule has 1 fully saturated rings. The highest BCUT2D eigenvalue weighted by Crippen LogP contribution is 2.26. The Morgan fingerprint density at radius 1 is 0.793 bits per heavy atom. The number of hydrogen-bond donors (Lipinski definition) is 1. The lowest BCUT2D eigenvalue weighted by Gasteiger charge is -2.26. The van der Waals surface area contributed by atoms with Crippen LogP contribution in [0.2, 0.25) is 0 Å². The fourth-order valence-electron chi connectivity index (χ4n) is 4.29. The maximum absolute atomic E-state index is 5.47. The molecule has 4 heteroatoms. The van der Waals surface area contributed by atoms with Gasteiger partial charge >= 0.3 is 0 Å². The van der Waals surface area contributed by atoms with E-state index in [0.29, 0.717) is 0 Å². The smallest absolute Gasteiger partial charge is 0.0594 e. The van der Waals surface area contributed by atoms with Crippen molar-refractivity contribution in [1.82, 2.24) is 9.47 Å². The average molecular weight is 386 g/mol. The molecule has 1 N–H and O–H groups in total. The Morgan fingerprint density at radius 3 is 2.45 bits per heavy atom. The molecule has 0 radical (unpaired) electrons. The second kappa shape index (κ2) is 8.27. The molecule has 1 saturated heterocycles. The van der Waals surface area contributed by atoms with Crippen molar-refractivity contribution in [3.05, 3.63) is 78.5 Å². The lowest BCUT2D eigenvalue weighted by Crippen LogP contribution is -2.38. The van der Waals surface area contributed by atoms with Crippen LogP contribution in [0.25, 0.3) is 21.7 Å². The zero-order chi connectivity index (χ0) is 19.5. The first-order valence-electron chi connectivity index (χ1n) is 10.5. The molecule has 0 saturated carbocycles. The summed E-state index contributed by atoms with van der Waals surface area (Å²) in [6.45, 7) is 6.68. The molecule has 29 heavy (non-hydrogen) atoms. The number of hydrogen-bond acceptors (Lipinski definition) is 3. The number of ether oxygens (including phenoxy) is 1. The Labute approximate surface area is 171 Å². The summed E-state index contributed by atoms with van der Waals surface area (Å²) in [5.74, 6) is 0. The van der Waals surface area contributed by atoms with Gasteiger partial charge in [0.25, 0.3) is 0 Å². The first-order valence-corrected chi connectivity index (χ1v) is 10.5. The predicted octanol–water partition coefficient (Wildman–Crippen LogP) is 4.74. The molecule has 0 bridgehead atoms. The van der Waals surface area contributed by atoms with E-state index in [1.54, 1.807) is 0 Å². The largest absolute Gasteiger partial charge is 0.380 e. The average Bonchev–Trinajstić information content (AvgIpc) is 3.15. The summed E-state index contributed by atoms with van der Waals surface area (Å²) in [6, 6.07) is 23.7. The SMILES string of the molecule is c1ccc2c(NCc3cn(CCN4CCOCC4)c4ccccc34)cccc2c1. The number of aromatic nitrogens is 1. The minimum atomic E-state index is 0.819. The predicted molar refractivity (Wildman–Crippen MR) is 120 cm³/mol. The standard InChI is InChI=1S/C25H27N3O/c1-2-8-22-20(6-1)7-5-10-24(22)26-18-21-19-28(25-11-4-3-9-23(21)25)13-12-27-14-16-29-17-15-27/h1-11,19,26H,12-18H2. The maximum atomic E-state index is 5.47. The molecule has 1 aliphatic rings. The van der Waals surface area contributed by atoms with Crippen LogP contribution in [0.3, 0.4) is 0 Å². The van der Waals surface area contributed by atoms with E-state index in [1.807, 2.05) is 0 Å². The number of fused-ring (bicyclic) bond motifs is 2. The number of anilines is 1. The van der Waals surface area contributed by atoms with Crippen molar-refractivity contribution in [2.24, 2.45) is 0 Å². The van der Waals surface area contributed by atoms with Crippen LogP contribution in [-0.2, 0) is 17.8 Å².